The van der Waals surface area contributed by atoms with E-state index in [1.165, 1.54) is 37.1 Å². The van der Waals surface area contributed by atoms with Crippen molar-refractivity contribution in [2.45, 2.75) is 32.9 Å². The number of likely N-dealkylation sites (tertiary alicyclic amines) is 1. The third-order valence-corrected chi connectivity index (χ3v) is 5.31. The fourth-order valence-electron chi connectivity index (χ4n) is 3.81. The van der Waals surface area contributed by atoms with Crippen molar-refractivity contribution >= 4 is 28.3 Å². The van der Waals surface area contributed by atoms with Gasteiger partial charge in [0, 0.05) is 29.9 Å². The lowest BCUT2D eigenvalue weighted by atomic mass is 10.2. The zero-order valence-electron chi connectivity index (χ0n) is 16.3. The second-order valence-electron chi connectivity index (χ2n) is 7.22. The van der Waals surface area contributed by atoms with E-state index in [-0.39, 0.29) is 11.6 Å². The zero-order chi connectivity index (χ0) is 20.4. The Morgan fingerprint density at radius 2 is 1.90 bits per heavy atom. The van der Waals surface area contributed by atoms with Crippen LogP contribution in [0.1, 0.15) is 35.9 Å². The van der Waals surface area contributed by atoms with Gasteiger partial charge in [-0.1, -0.05) is 0 Å². The highest BCUT2D eigenvalue weighted by Crippen LogP contribution is 2.23. The van der Waals surface area contributed by atoms with Crippen LogP contribution in [-0.2, 0) is 13.1 Å². The van der Waals surface area contributed by atoms with Crippen LogP contribution in [0.15, 0.2) is 42.5 Å². The van der Waals surface area contributed by atoms with Crippen LogP contribution in [0.2, 0.25) is 0 Å². The molecule has 0 bridgehead atoms. The summed E-state index contributed by atoms with van der Waals surface area (Å²) in [5.41, 5.74) is 2.87. The summed E-state index contributed by atoms with van der Waals surface area (Å²) in [6, 6.07) is 11.3. The second kappa shape index (κ2) is 8.00. The number of anilines is 1. The average Bonchev–Trinajstić information content (AvgIpc) is 3.35. The van der Waals surface area contributed by atoms with Crippen molar-refractivity contribution in [2.24, 2.45) is 0 Å². The van der Waals surface area contributed by atoms with Crippen LogP contribution in [0.5, 0.6) is 0 Å². The molecular weight excluding hydrogens is 370 g/mol. The highest BCUT2D eigenvalue weighted by atomic mass is 16.6. The zero-order valence-corrected chi connectivity index (χ0v) is 16.3. The van der Waals surface area contributed by atoms with E-state index >= 15 is 0 Å². The number of non-ortho nitro benzene ring substituents is 1. The van der Waals surface area contributed by atoms with Gasteiger partial charge in [-0.2, -0.15) is 0 Å². The van der Waals surface area contributed by atoms with Gasteiger partial charge in [0.05, 0.1) is 22.5 Å². The number of amides is 1. The molecule has 1 aliphatic rings. The normalized spacial score (nSPS) is 14.4. The fraction of sp³-hybridized carbons (Fsp3) is 0.333. The van der Waals surface area contributed by atoms with Gasteiger partial charge in [0.2, 0.25) is 0 Å². The molecule has 1 aromatic heterocycles. The summed E-state index contributed by atoms with van der Waals surface area (Å²) in [6.45, 7) is 6.02. The first-order valence-electron chi connectivity index (χ1n) is 9.82. The van der Waals surface area contributed by atoms with Crippen LogP contribution in [0.25, 0.3) is 11.0 Å². The third-order valence-electron chi connectivity index (χ3n) is 5.31. The maximum Gasteiger partial charge on any atom is 0.269 e. The van der Waals surface area contributed by atoms with Crippen molar-refractivity contribution in [3.63, 3.8) is 0 Å². The Hall–Kier alpha value is -3.26. The monoisotopic (exact) mass is 393 g/mol. The van der Waals surface area contributed by atoms with Crippen LogP contribution in [-0.4, -0.2) is 38.4 Å². The van der Waals surface area contributed by atoms with E-state index in [2.05, 4.69) is 21.7 Å². The number of nitro benzene ring substituents is 1. The summed E-state index contributed by atoms with van der Waals surface area (Å²) in [6.07, 6.45) is 2.48. The van der Waals surface area contributed by atoms with E-state index in [1.54, 1.807) is 0 Å². The standard InChI is InChI=1S/C21H23N5O3/c1-2-25-19-10-7-16(13-18(19)23-20(25)14-24-11-3-4-12-24)22-21(27)15-5-8-17(9-6-15)26(28)29/h5-10,13H,2-4,11-12,14H2,1H3,(H,22,27). The predicted octanol–water partition coefficient (Wildman–Crippen LogP) is 3.81. The first kappa shape index (κ1) is 19.1. The summed E-state index contributed by atoms with van der Waals surface area (Å²) in [5.74, 6) is 0.731. The molecule has 8 heteroatoms. The SMILES string of the molecule is CCn1c(CN2CCCC2)nc2cc(NC(=O)c3ccc([N+](=O)[O-])cc3)ccc21. The Balaban J connectivity index is 1.54. The number of carbonyl (C=O) groups excluding carboxylic acids is 1. The summed E-state index contributed by atoms with van der Waals surface area (Å²) < 4.78 is 2.22. The number of aromatic nitrogens is 2. The van der Waals surface area contributed by atoms with E-state index in [0.717, 1.165) is 43.0 Å². The molecule has 2 heterocycles. The number of imidazole rings is 1. The molecule has 0 unspecified atom stereocenters. The van der Waals surface area contributed by atoms with E-state index in [9.17, 15) is 14.9 Å². The predicted molar refractivity (Wildman–Crippen MR) is 111 cm³/mol. The second-order valence-corrected chi connectivity index (χ2v) is 7.22. The summed E-state index contributed by atoms with van der Waals surface area (Å²) in [4.78, 5) is 30.0. The van der Waals surface area contributed by atoms with E-state index in [4.69, 9.17) is 4.98 Å². The minimum absolute atomic E-state index is 0.0430. The van der Waals surface area contributed by atoms with Gasteiger partial charge in [-0.25, -0.2) is 4.98 Å². The quantitative estimate of drug-likeness (QED) is 0.508. The lowest BCUT2D eigenvalue weighted by Gasteiger charge is -2.14. The number of nitro groups is 1. The molecule has 1 amide bonds. The smallest absolute Gasteiger partial charge is 0.269 e. The highest BCUT2D eigenvalue weighted by molar-refractivity contribution is 6.05. The van der Waals surface area contributed by atoms with Crippen molar-refractivity contribution in [3.8, 4) is 0 Å². The van der Waals surface area contributed by atoms with Gasteiger partial charge in [0.15, 0.2) is 0 Å². The molecule has 4 rings (SSSR count). The van der Waals surface area contributed by atoms with Crippen molar-refractivity contribution < 1.29 is 9.72 Å². The van der Waals surface area contributed by atoms with Gasteiger partial charge >= 0.3 is 0 Å². The molecular formula is C21H23N5O3. The van der Waals surface area contributed by atoms with Crippen molar-refractivity contribution in [1.29, 1.82) is 0 Å². The highest BCUT2D eigenvalue weighted by Gasteiger charge is 2.17. The summed E-state index contributed by atoms with van der Waals surface area (Å²) in [5, 5.41) is 13.6. The molecule has 0 saturated carbocycles. The number of hydrogen-bond acceptors (Lipinski definition) is 5. The molecule has 0 atom stereocenters. The summed E-state index contributed by atoms with van der Waals surface area (Å²) >= 11 is 0. The molecule has 29 heavy (non-hydrogen) atoms. The number of fused-ring (bicyclic) bond motifs is 1. The molecule has 2 aromatic carbocycles. The number of aryl methyl sites for hydroxylation is 1. The van der Waals surface area contributed by atoms with Crippen LogP contribution in [0, 0.1) is 10.1 Å². The topological polar surface area (TPSA) is 93.3 Å². The molecule has 0 spiro atoms. The molecule has 8 nitrogen and oxygen atoms in total. The minimum Gasteiger partial charge on any atom is -0.327 e. The van der Waals surface area contributed by atoms with Crippen LogP contribution in [0.4, 0.5) is 11.4 Å². The van der Waals surface area contributed by atoms with Crippen LogP contribution < -0.4 is 5.32 Å². The first-order chi connectivity index (χ1) is 14.0. The lowest BCUT2D eigenvalue weighted by Crippen LogP contribution is -2.21. The molecule has 150 valence electrons. The van der Waals surface area contributed by atoms with Gasteiger partial charge in [0.1, 0.15) is 5.82 Å². The van der Waals surface area contributed by atoms with Crippen molar-refractivity contribution in [3.05, 3.63) is 64.0 Å². The van der Waals surface area contributed by atoms with Crippen molar-refractivity contribution in [2.75, 3.05) is 18.4 Å². The number of rotatable bonds is 6. The maximum atomic E-state index is 12.5. The molecule has 1 saturated heterocycles. The van der Waals surface area contributed by atoms with Crippen LogP contribution in [0.3, 0.4) is 0 Å². The van der Waals surface area contributed by atoms with Gasteiger partial charge in [-0.15, -0.1) is 0 Å². The molecule has 1 aliphatic heterocycles. The summed E-state index contributed by atoms with van der Waals surface area (Å²) in [7, 11) is 0. The van der Waals surface area contributed by atoms with Gasteiger partial charge < -0.3 is 9.88 Å². The largest absolute Gasteiger partial charge is 0.327 e. The molecule has 1 fully saturated rings. The molecule has 3 aromatic rings. The van der Waals surface area contributed by atoms with Gasteiger partial charge in [-0.3, -0.25) is 19.8 Å². The average molecular weight is 393 g/mol. The Labute approximate surface area is 168 Å². The Bertz CT molecular complexity index is 1050. The third kappa shape index (κ3) is 3.97. The number of nitrogens with one attached hydrogen (secondary N) is 1. The molecule has 0 aliphatic carbocycles. The van der Waals surface area contributed by atoms with E-state index in [0.29, 0.717) is 11.3 Å². The Morgan fingerprint density at radius 1 is 1.17 bits per heavy atom. The number of benzene rings is 2. The maximum absolute atomic E-state index is 12.5. The fourth-order valence-corrected chi connectivity index (χ4v) is 3.81. The van der Waals surface area contributed by atoms with Gasteiger partial charge in [-0.05, 0) is 63.2 Å². The number of hydrogen-bond donors (Lipinski definition) is 1. The number of carbonyl (C=O) groups is 1. The lowest BCUT2D eigenvalue weighted by molar-refractivity contribution is -0.384. The van der Waals surface area contributed by atoms with Crippen molar-refractivity contribution in [1.82, 2.24) is 14.5 Å². The Kier molecular flexibility index (Phi) is 5.26. The number of nitrogens with zero attached hydrogens (tertiary/aromatic N) is 4. The minimum atomic E-state index is -0.487. The van der Waals surface area contributed by atoms with E-state index < -0.39 is 4.92 Å². The van der Waals surface area contributed by atoms with Gasteiger partial charge in [0.25, 0.3) is 11.6 Å². The van der Waals surface area contributed by atoms with Crippen LogP contribution >= 0.6 is 0 Å². The molecule has 1 N–H and O–H groups in total. The van der Waals surface area contributed by atoms with E-state index in [1.807, 2.05) is 18.2 Å². The first-order valence-corrected chi connectivity index (χ1v) is 9.82. The Morgan fingerprint density at radius 3 is 2.55 bits per heavy atom. The molecule has 0 radical (unpaired) electrons.